The van der Waals surface area contributed by atoms with Crippen molar-refractivity contribution >= 4 is 34.9 Å². The van der Waals surface area contributed by atoms with Crippen LogP contribution in [0.25, 0.3) is 0 Å². The minimum atomic E-state index is -0.502. The molecule has 1 amide bonds. The van der Waals surface area contributed by atoms with Gasteiger partial charge in [-0.2, -0.15) is 0 Å². The molecule has 0 saturated carbocycles. The number of nitrogens with zero attached hydrogens (tertiary/aromatic N) is 2. The third kappa shape index (κ3) is 4.95. The lowest BCUT2D eigenvalue weighted by atomic mass is 10.2. The maximum absolute atomic E-state index is 12.6. The maximum Gasteiger partial charge on any atom is 0.337 e. The van der Waals surface area contributed by atoms with Crippen molar-refractivity contribution in [2.24, 2.45) is 0 Å². The van der Waals surface area contributed by atoms with Gasteiger partial charge in [0.1, 0.15) is 0 Å². The monoisotopic (exact) mass is 375 g/mol. The highest BCUT2D eigenvalue weighted by Crippen LogP contribution is 2.24. The highest BCUT2D eigenvalue weighted by molar-refractivity contribution is 6.34. The van der Waals surface area contributed by atoms with E-state index < -0.39 is 5.97 Å². The number of carbonyl (C=O) groups excluding carboxylic acids is 2. The largest absolute Gasteiger partial charge is 0.465 e. The van der Waals surface area contributed by atoms with Gasteiger partial charge in [0.05, 0.1) is 40.8 Å². The Morgan fingerprint density at radius 1 is 1.23 bits per heavy atom. The van der Waals surface area contributed by atoms with E-state index in [4.69, 9.17) is 11.6 Å². The molecule has 7 heteroatoms. The van der Waals surface area contributed by atoms with Gasteiger partial charge in [0.25, 0.3) is 5.91 Å². The third-order valence-electron chi connectivity index (χ3n) is 3.91. The number of hydrogen-bond donors (Lipinski definition) is 1. The summed E-state index contributed by atoms with van der Waals surface area (Å²) in [6, 6.07) is 6.33. The molecular weight excluding hydrogens is 354 g/mol. The van der Waals surface area contributed by atoms with Crippen molar-refractivity contribution < 1.29 is 14.3 Å². The zero-order valence-corrected chi connectivity index (χ0v) is 15.8. The Kier molecular flexibility index (Phi) is 6.97. The second-order valence-electron chi connectivity index (χ2n) is 5.85. The van der Waals surface area contributed by atoms with Gasteiger partial charge in [-0.1, -0.05) is 24.9 Å². The summed E-state index contributed by atoms with van der Waals surface area (Å²) in [4.78, 5) is 30.4. The Hall–Kier alpha value is -2.60. The molecule has 2 rings (SSSR count). The summed E-state index contributed by atoms with van der Waals surface area (Å²) in [5.41, 5.74) is 1.91. The number of carbonyl (C=O) groups is 2. The number of aromatic nitrogens is 1. The second-order valence-corrected chi connectivity index (χ2v) is 6.25. The van der Waals surface area contributed by atoms with Crippen LogP contribution < -0.4 is 10.2 Å². The van der Waals surface area contributed by atoms with Gasteiger partial charge in [-0.05, 0) is 30.7 Å². The zero-order chi connectivity index (χ0) is 19.1. The molecule has 1 heterocycles. The van der Waals surface area contributed by atoms with E-state index in [0.717, 1.165) is 25.1 Å². The first-order valence-corrected chi connectivity index (χ1v) is 8.69. The summed E-state index contributed by atoms with van der Waals surface area (Å²) < 4.78 is 4.68. The summed E-state index contributed by atoms with van der Waals surface area (Å²) >= 11 is 6.12. The molecule has 0 aliphatic carbocycles. The summed E-state index contributed by atoms with van der Waals surface area (Å²) in [7, 11) is 3.26. The van der Waals surface area contributed by atoms with Crippen LogP contribution in [0.5, 0.6) is 0 Å². The van der Waals surface area contributed by atoms with Crippen molar-refractivity contribution in [2.75, 3.05) is 30.9 Å². The van der Waals surface area contributed by atoms with E-state index >= 15 is 0 Å². The molecule has 0 unspecified atom stereocenters. The predicted octanol–water partition coefficient (Wildman–Crippen LogP) is 4.01. The lowest BCUT2D eigenvalue weighted by Gasteiger charge is -2.19. The molecule has 1 N–H and O–H groups in total. The van der Waals surface area contributed by atoms with Crippen molar-refractivity contribution in [1.29, 1.82) is 0 Å². The number of anilines is 2. The molecule has 26 heavy (non-hydrogen) atoms. The predicted molar refractivity (Wildman–Crippen MR) is 103 cm³/mol. The van der Waals surface area contributed by atoms with E-state index in [9.17, 15) is 9.59 Å². The minimum Gasteiger partial charge on any atom is -0.465 e. The van der Waals surface area contributed by atoms with E-state index in [1.54, 1.807) is 12.3 Å². The number of methoxy groups -OCH3 is 1. The van der Waals surface area contributed by atoms with Gasteiger partial charge >= 0.3 is 5.97 Å². The normalized spacial score (nSPS) is 10.3. The number of nitrogens with one attached hydrogen (secondary N) is 1. The van der Waals surface area contributed by atoms with Gasteiger partial charge in [-0.25, -0.2) is 4.79 Å². The smallest absolute Gasteiger partial charge is 0.337 e. The number of hydrogen-bond acceptors (Lipinski definition) is 5. The summed E-state index contributed by atoms with van der Waals surface area (Å²) in [5, 5.41) is 3.05. The first-order chi connectivity index (χ1) is 12.5. The van der Waals surface area contributed by atoms with Crippen LogP contribution in [0.15, 0.2) is 36.7 Å². The highest BCUT2D eigenvalue weighted by Gasteiger charge is 2.14. The Balaban J connectivity index is 2.19. The number of unbranched alkanes of at least 4 members (excludes halogenated alkanes) is 1. The SMILES string of the molecule is CCCCN(C)c1cncc(C(=O)Nc2cc(C(=O)OC)ccc2Cl)c1. The molecule has 0 atom stereocenters. The van der Waals surface area contributed by atoms with Gasteiger partial charge in [-0.15, -0.1) is 0 Å². The Bertz CT molecular complexity index is 795. The zero-order valence-electron chi connectivity index (χ0n) is 15.1. The third-order valence-corrected chi connectivity index (χ3v) is 4.24. The topological polar surface area (TPSA) is 71.5 Å². The lowest BCUT2D eigenvalue weighted by Crippen LogP contribution is -2.20. The lowest BCUT2D eigenvalue weighted by molar-refractivity contribution is 0.0600. The molecule has 138 valence electrons. The van der Waals surface area contributed by atoms with Crippen LogP contribution in [-0.4, -0.2) is 37.6 Å². The van der Waals surface area contributed by atoms with Crippen LogP contribution in [0.3, 0.4) is 0 Å². The Labute approximate surface area is 158 Å². The second kappa shape index (κ2) is 9.20. The number of halogens is 1. The molecule has 1 aromatic heterocycles. The van der Waals surface area contributed by atoms with Gasteiger partial charge in [0.2, 0.25) is 0 Å². The van der Waals surface area contributed by atoms with Crippen molar-refractivity contribution in [1.82, 2.24) is 4.98 Å². The first-order valence-electron chi connectivity index (χ1n) is 8.31. The van der Waals surface area contributed by atoms with Crippen LogP contribution in [0.4, 0.5) is 11.4 Å². The Morgan fingerprint density at radius 2 is 2.00 bits per heavy atom. The quantitative estimate of drug-likeness (QED) is 0.740. The van der Waals surface area contributed by atoms with Crippen LogP contribution in [-0.2, 0) is 4.74 Å². The fraction of sp³-hybridized carbons (Fsp3) is 0.316. The summed E-state index contributed by atoms with van der Waals surface area (Å²) in [5.74, 6) is -0.856. The van der Waals surface area contributed by atoms with E-state index in [-0.39, 0.29) is 5.91 Å². The standard InChI is InChI=1S/C19H22ClN3O3/c1-4-5-8-23(2)15-9-14(11-21-12-15)18(24)22-17-10-13(19(25)26-3)6-7-16(17)20/h6-7,9-12H,4-5,8H2,1-3H3,(H,22,24). The highest BCUT2D eigenvalue weighted by atomic mass is 35.5. The first kappa shape index (κ1) is 19.7. The number of ether oxygens (including phenoxy) is 1. The van der Waals surface area contributed by atoms with Crippen molar-refractivity contribution in [2.45, 2.75) is 19.8 Å². The molecule has 0 spiro atoms. The van der Waals surface area contributed by atoms with Gasteiger partial charge in [-0.3, -0.25) is 9.78 Å². The van der Waals surface area contributed by atoms with Crippen LogP contribution in [0.2, 0.25) is 5.02 Å². The fourth-order valence-corrected chi connectivity index (χ4v) is 2.51. The summed E-state index contributed by atoms with van der Waals surface area (Å²) in [6.45, 7) is 3.01. The molecule has 0 aliphatic rings. The van der Waals surface area contributed by atoms with Crippen LogP contribution >= 0.6 is 11.6 Å². The van der Waals surface area contributed by atoms with Crippen molar-refractivity contribution in [3.05, 3.63) is 52.8 Å². The minimum absolute atomic E-state index is 0.304. The van der Waals surface area contributed by atoms with Crippen LogP contribution in [0.1, 0.15) is 40.5 Å². The van der Waals surface area contributed by atoms with Crippen molar-refractivity contribution in [3.8, 4) is 0 Å². The average molecular weight is 376 g/mol. The Morgan fingerprint density at radius 3 is 2.69 bits per heavy atom. The molecule has 2 aromatic rings. The number of amides is 1. The fourth-order valence-electron chi connectivity index (χ4n) is 2.35. The van der Waals surface area contributed by atoms with E-state index in [1.807, 2.05) is 7.05 Å². The molecule has 0 bridgehead atoms. The molecular formula is C19H22ClN3O3. The molecule has 1 aromatic carbocycles. The van der Waals surface area contributed by atoms with E-state index in [2.05, 4.69) is 26.9 Å². The molecule has 0 aliphatic heterocycles. The van der Waals surface area contributed by atoms with E-state index in [1.165, 1.54) is 31.5 Å². The molecule has 6 nitrogen and oxygen atoms in total. The van der Waals surface area contributed by atoms with E-state index in [0.29, 0.717) is 21.8 Å². The average Bonchev–Trinajstić information content (AvgIpc) is 2.67. The number of benzene rings is 1. The number of pyridine rings is 1. The van der Waals surface area contributed by atoms with Gasteiger partial charge < -0.3 is 15.0 Å². The van der Waals surface area contributed by atoms with Gasteiger partial charge in [0, 0.05) is 19.8 Å². The molecule has 0 fully saturated rings. The maximum atomic E-state index is 12.6. The van der Waals surface area contributed by atoms with Crippen molar-refractivity contribution in [3.63, 3.8) is 0 Å². The number of esters is 1. The number of rotatable bonds is 7. The molecule has 0 saturated heterocycles. The molecule has 0 radical (unpaired) electrons. The summed E-state index contributed by atoms with van der Waals surface area (Å²) in [6.07, 6.45) is 5.36. The van der Waals surface area contributed by atoms with Gasteiger partial charge in [0.15, 0.2) is 0 Å². The van der Waals surface area contributed by atoms with Crippen LogP contribution in [0, 0.1) is 0 Å².